The van der Waals surface area contributed by atoms with Gasteiger partial charge in [-0.2, -0.15) is 0 Å². The highest BCUT2D eigenvalue weighted by Crippen LogP contribution is 2.15. The van der Waals surface area contributed by atoms with Crippen LogP contribution in [-0.4, -0.2) is 18.9 Å². The number of benzene rings is 2. The van der Waals surface area contributed by atoms with Gasteiger partial charge in [0, 0.05) is 5.69 Å². The molecule has 3 N–H and O–H groups in total. The number of hydrogen-bond donors (Lipinski definition) is 3. The van der Waals surface area contributed by atoms with Gasteiger partial charge in [0.2, 0.25) is 0 Å². The van der Waals surface area contributed by atoms with E-state index in [1.54, 1.807) is 11.3 Å². The SMILES string of the molecule is N=C(Nc1cccc(CCNCCc2ccccc2)c1)c1cccs1. The van der Waals surface area contributed by atoms with Crippen LogP contribution in [0.2, 0.25) is 0 Å². The predicted octanol–water partition coefficient (Wildman–Crippen LogP) is 4.56. The fraction of sp³-hybridized carbons (Fsp3) is 0.190. The summed E-state index contributed by atoms with van der Waals surface area (Å²) in [4.78, 5) is 0.952. The van der Waals surface area contributed by atoms with Crippen molar-refractivity contribution in [2.45, 2.75) is 12.8 Å². The quantitative estimate of drug-likeness (QED) is 0.317. The first-order chi connectivity index (χ1) is 12.3. The van der Waals surface area contributed by atoms with Gasteiger partial charge < -0.3 is 10.6 Å². The first-order valence-corrected chi connectivity index (χ1v) is 9.42. The molecule has 3 rings (SSSR count). The average molecular weight is 350 g/mol. The van der Waals surface area contributed by atoms with Crippen LogP contribution in [0, 0.1) is 5.41 Å². The van der Waals surface area contributed by atoms with Crippen LogP contribution < -0.4 is 10.6 Å². The van der Waals surface area contributed by atoms with Crippen molar-refractivity contribution < 1.29 is 0 Å². The molecule has 4 heteroatoms. The maximum absolute atomic E-state index is 8.12. The fourth-order valence-corrected chi connectivity index (χ4v) is 3.30. The molecule has 3 nitrogen and oxygen atoms in total. The van der Waals surface area contributed by atoms with Crippen LogP contribution >= 0.6 is 11.3 Å². The molecule has 0 amide bonds. The molecule has 0 radical (unpaired) electrons. The van der Waals surface area contributed by atoms with Crippen molar-refractivity contribution >= 4 is 22.9 Å². The average Bonchev–Trinajstić information content (AvgIpc) is 3.17. The molecule has 0 fully saturated rings. The van der Waals surface area contributed by atoms with Gasteiger partial charge in [0.05, 0.1) is 4.88 Å². The Morgan fingerprint density at radius 3 is 2.36 bits per heavy atom. The molecule has 0 aliphatic carbocycles. The van der Waals surface area contributed by atoms with E-state index >= 15 is 0 Å². The molecule has 1 heterocycles. The Labute approximate surface area is 153 Å². The second-order valence-corrected chi connectivity index (χ2v) is 6.86. The Hall–Kier alpha value is -2.43. The standard InChI is InChI=1S/C21H23N3S/c22-21(20-10-5-15-25-20)24-19-9-4-8-18(16-19)12-14-23-13-11-17-6-2-1-3-7-17/h1-10,15-16,23H,11-14H2,(H2,22,24). The van der Waals surface area contributed by atoms with Gasteiger partial charge >= 0.3 is 0 Å². The Kier molecular flexibility index (Phi) is 6.37. The van der Waals surface area contributed by atoms with Gasteiger partial charge in [-0.25, -0.2) is 0 Å². The lowest BCUT2D eigenvalue weighted by atomic mass is 10.1. The van der Waals surface area contributed by atoms with Crippen molar-refractivity contribution in [3.8, 4) is 0 Å². The Morgan fingerprint density at radius 1 is 0.840 bits per heavy atom. The first-order valence-electron chi connectivity index (χ1n) is 8.54. The van der Waals surface area contributed by atoms with Crippen molar-refractivity contribution in [1.82, 2.24) is 5.32 Å². The number of thiophene rings is 1. The van der Waals surface area contributed by atoms with E-state index in [1.165, 1.54) is 11.1 Å². The Morgan fingerprint density at radius 2 is 1.60 bits per heavy atom. The van der Waals surface area contributed by atoms with E-state index in [2.05, 4.69) is 53.1 Å². The number of amidine groups is 1. The van der Waals surface area contributed by atoms with Gasteiger partial charge in [0.15, 0.2) is 0 Å². The summed E-state index contributed by atoms with van der Waals surface area (Å²) in [6, 6.07) is 22.8. The first kappa shape index (κ1) is 17.4. The topological polar surface area (TPSA) is 47.9 Å². The molecule has 0 atom stereocenters. The zero-order valence-corrected chi connectivity index (χ0v) is 15.0. The maximum atomic E-state index is 8.12. The lowest BCUT2D eigenvalue weighted by Crippen LogP contribution is -2.20. The molecule has 3 aromatic rings. The third-order valence-electron chi connectivity index (χ3n) is 3.99. The summed E-state index contributed by atoms with van der Waals surface area (Å²) in [6.45, 7) is 1.95. The molecule has 25 heavy (non-hydrogen) atoms. The lowest BCUT2D eigenvalue weighted by molar-refractivity contribution is 0.682. The Balaban J connectivity index is 1.43. The van der Waals surface area contributed by atoms with Crippen molar-refractivity contribution in [3.05, 3.63) is 88.1 Å². The van der Waals surface area contributed by atoms with Crippen molar-refractivity contribution in [2.24, 2.45) is 0 Å². The van der Waals surface area contributed by atoms with Crippen LogP contribution in [0.4, 0.5) is 5.69 Å². The van der Waals surface area contributed by atoms with E-state index in [-0.39, 0.29) is 0 Å². The van der Waals surface area contributed by atoms with E-state index in [0.29, 0.717) is 5.84 Å². The molecule has 0 saturated carbocycles. The predicted molar refractivity (Wildman–Crippen MR) is 108 cm³/mol. The van der Waals surface area contributed by atoms with Crippen molar-refractivity contribution in [2.75, 3.05) is 18.4 Å². The van der Waals surface area contributed by atoms with Gasteiger partial charge in [-0.1, -0.05) is 48.5 Å². The van der Waals surface area contributed by atoms with Crippen molar-refractivity contribution in [1.29, 1.82) is 5.41 Å². The molecule has 0 saturated heterocycles. The van der Waals surface area contributed by atoms with E-state index < -0.39 is 0 Å². The van der Waals surface area contributed by atoms with E-state index in [9.17, 15) is 0 Å². The largest absolute Gasteiger partial charge is 0.340 e. The summed E-state index contributed by atoms with van der Waals surface area (Å²) in [7, 11) is 0. The molecule has 128 valence electrons. The minimum Gasteiger partial charge on any atom is -0.340 e. The summed E-state index contributed by atoms with van der Waals surface area (Å²) in [5.74, 6) is 0.452. The van der Waals surface area contributed by atoms with Gasteiger partial charge in [-0.3, -0.25) is 5.41 Å². The zero-order chi connectivity index (χ0) is 17.3. The van der Waals surface area contributed by atoms with Crippen LogP contribution in [-0.2, 0) is 12.8 Å². The lowest BCUT2D eigenvalue weighted by Gasteiger charge is -2.09. The van der Waals surface area contributed by atoms with Crippen LogP contribution in [0.25, 0.3) is 0 Å². The molecule has 1 aromatic heterocycles. The van der Waals surface area contributed by atoms with Crippen molar-refractivity contribution in [3.63, 3.8) is 0 Å². The molecule has 0 spiro atoms. The van der Waals surface area contributed by atoms with Gasteiger partial charge in [0.1, 0.15) is 5.84 Å². The molecular formula is C21H23N3S. The second-order valence-electron chi connectivity index (χ2n) is 5.91. The highest BCUT2D eigenvalue weighted by molar-refractivity contribution is 7.12. The van der Waals surface area contributed by atoms with E-state index in [0.717, 1.165) is 36.5 Å². The van der Waals surface area contributed by atoms with Gasteiger partial charge in [-0.05, 0) is 60.6 Å². The minimum absolute atomic E-state index is 0.452. The monoisotopic (exact) mass is 349 g/mol. The van der Waals surface area contributed by atoms with E-state index in [1.807, 2.05) is 29.6 Å². The van der Waals surface area contributed by atoms with Gasteiger partial charge in [-0.15, -0.1) is 11.3 Å². The number of rotatable bonds is 8. The second kappa shape index (κ2) is 9.16. The zero-order valence-electron chi connectivity index (χ0n) is 14.2. The number of hydrogen-bond acceptors (Lipinski definition) is 3. The molecule has 2 aromatic carbocycles. The van der Waals surface area contributed by atoms with Crippen LogP contribution in [0.15, 0.2) is 72.1 Å². The van der Waals surface area contributed by atoms with Crippen LogP contribution in [0.1, 0.15) is 16.0 Å². The van der Waals surface area contributed by atoms with Gasteiger partial charge in [0.25, 0.3) is 0 Å². The van der Waals surface area contributed by atoms with E-state index in [4.69, 9.17) is 5.41 Å². The smallest absolute Gasteiger partial charge is 0.140 e. The minimum atomic E-state index is 0.452. The number of anilines is 1. The highest BCUT2D eigenvalue weighted by Gasteiger charge is 2.03. The Bertz CT molecular complexity index is 782. The molecule has 0 aliphatic heterocycles. The van der Waals surface area contributed by atoms with Crippen LogP contribution in [0.3, 0.4) is 0 Å². The molecule has 0 bridgehead atoms. The molecule has 0 unspecified atom stereocenters. The third-order valence-corrected chi connectivity index (χ3v) is 4.87. The summed E-state index contributed by atoms with van der Waals surface area (Å²) in [5, 5.41) is 16.8. The molecular weight excluding hydrogens is 326 g/mol. The van der Waals surface area contributed by atoms with Crippen LogP contribution in [0.5, 0.6) is 0 Å². The summed E-state index contributed by atoms with van der Waals surface area (Å²) >= 11 is 1.57. The highest BCUT2D eigenvalue weighted by atomic mass is 32.1. The third kappa shape index (κ3) is 5.55. The normalized spacial score (nSPS) is 10.6. The number of nitrogens with one attached hydrogen (secondary N) is 3. The fourth-order valence-electron chi connectivity index (χ4n) is 2.67. The summed E-state index contributed by atoms with van der Waals surface area (Å²) < 4.78 is 0. The molecule has 0 aliphatic rings. The summed E-state index contributed by atoms with van der Waals surface area (Å²) in [6.07, 6.45) is 2.04. The maximum Gasteiger partial charge on any atom is 0.140 e. The summed E-state index contributed by atoms with van der Waals surface area (Å²) in [5.41, 5.74) is 3.62.